The topological polar surface area (TPSA) is 119 Å². The summed E-state index contributed by atoms with van der Waals surface area (Å²) < 4.78 is 22.1. The van der Waals surface area contributed by atoms with Crippen LogP contribution in [0.1, 0.15) is 31.8 Å². The Labute approximate surface area is 202 Å². The molecule has 0 saturated heterocycles. The molecule has 0 aliphatic rings. The van der Waals surface area contributed by atoms with Gasteiger partial charge in [0.2, 0.25) is 0 Å². The monoisotopic (exact) mass is 490 g/mol. The second-order valence-corrected chi connectivity index (χ2v) is 8.51. The lowest BCUT2D eigenvalue weighted by Gasteiger charge is -2.12. The second-order valence-electron chi connectivity index (χ2n) is 7.45. The number of carbonyl (C=O) groups excluding carboxylic acids is 2. The molecule has 0 unspecified atom stereocenters. The SMILES string of the molecule is COc1ccc(C(=O)NCc2ccc3nsnc3c2)cc1C(=O)NCc1ccc2nsnc2c1. The number of carbonyl (C=O) groups is 2. The largest absolute Gasteiger partial charge is 0.496 e. The molecule has 170 valence electrons. The molecule has 0 fully saturated rings. The maximum Gasteiger partial charge on any atom is 0.255 e. The number of amides is 2. The van der Waals surface area contributed by atoms with Gasteiger partial charge in [-0.3, -0.25) is 9.59 Å². The molecule has 34 heavy (non-hydrogen) atoms. The van der Waals surface area contributed by atoms with E-state index in [0.717, 1.165) is 56.7 Å². The first kappa shape index (κ1) is 21.9. The number of benzene rings is 3. The zero-order valence-electron chi connectivity index (χ0n) is 17.9. The van der Waals surface area contributed by atoms with Gasteiger partial charge in [0.1, 0.15) is 27.8 Å². The van der Waals surface area contributed by atoms with E-state index in [2.05, 4.69) is 28.1 Å². The van der Waals surface area contributed by atoms with E-state index in [9.17, 15) is 9.59 Å². The molecule has 0 aliphatic carbocycles. The minimum atomic E-state index is -0.343. The standard InChI is InChI=1S/C23H18N6O3S2/c1-32-21-7-4-15(22(30)24-11-13-2-5-17-19(8-13)28-33-26-17)10-16(21)23(31)25-12-14-3-6-18-20(9-14)29-34-27-18/h2-10H,11-12H2,1H3,(H,24,30)(H,25,31). The van der Waals surface area contributed by atoms with Gasteiger partial charge < -0.3 is 15.4 Å². The third-order valence-corrected chi connectivity index (χ3v) is 6.36. The molecule has 2 amide bonds. The fourth-order valence-electron chi connectivity index (χ4n) is 3.46. The van der Waals surface area contributed by atoms with Gasteiger partial charge in [0.25, 0.3) is 11.8 Å². The van der Waals surface area contributed by atoms with Crippen molar-refractivity contribution in [3.8, 4) is 5.75 Å². The maximum atomic E-state index is 12.9. The Hall–Kier alpha value is -3.96. The van der Waals surface area contributed by atoms with E-state index in [4.69, 9.17) is 4.74 Å². The number of rotatable bonds is 7. The molecule has 2 N–H and O–H groups in total. The summed E-state index contributed by atoms with van der Waals surface area (Å²) in [6.07, 6.45) is 0. The number of fused-ring (bicyclic) bond motifs is 2. The normalized spacial score (nSPS) is 11.0. The quantitative estimate of drug-likeness (QED) is 0.358. The molecule has 2 heterocycles. The number of nitrogens with one attached hydrogen (secondary N) is 2. The molecule has 0 radical (unpaired) electrons. The molecular formula is C23H18N6O3S2. The molecule has 0 bridgehead atoms. The lowest BCUT2D eigenvalue weighted by molar-refractivity contribution is 0.0948. The zero-order valence-corrected chi connectivity index (χ0v) is 19.6. The summed E-state index contributed by atoms with van der Waals surface area (Å²) in [4.78, 5) is 25.7. The smallest absolute Gasteiger partial charge is 0.255 e. The Balaban J connectivity index is 1.27. The van der Waals surface area contributed by atoms with E-state index in [0.29, 0.717) is 24.4 Å². The third kappa shape index (κ3) is 4.56. The number of nitrogens with zero attached hydrogens (tertiary/aromatic N) is 4. The van der Waals surface area contributed by atoms with Crippen LogP contribution in [0.2, 0.25) is 0 Å². The average Bonchev–Trinajstić information content (AvgIpc) is 3.54. The van der Waals surface area contributed by atoms with Gasteiger partial charge in [-0.05, 0) is 53.6 Å². The summed E-state index contributed by atoms with van der Waals surface area (Å²) in [6.45, 7) is 0.633. The van der Waals surface area contributed by atoms with Crippen molar-refractivity contribution in [2.24, 2.45) is 0 Å². The molecule has 11 heteroatoms. The highest BCUT2D eigenvalue weighted by Gasteiger charge is 2.16. The highest BCUT2D eigenvalue weighted by atomic mass is 32.1. The molecular weight excluding hydrogens is 472 g/mol. The second kappa shape index (κ2) is 9.49. The first-order chi connectivity index (χ1) is 16.6. The van der Waals surface area contributed by atoms with E-state index in [1.807, 2.05) is 36.4 Å². The van der Waals surface area contributed by atoms with Crippen LogP contribution in [-0.4, -0.2) is 36.4 Å². The summed E-state index contributed by atoms with van der Waals surface area (Å²) >= 11 is 2.30. The van der Waals surface area contributed by atoms with Gasteiger partial charge in [-0.2, -0.15) is 17.5 Å². The van der Waals surface area contributed by atoms with Crippen LogP contribution in [0.4, 0.5) is 0 Å². The van der Waals surface area contributed by atoms with Crippen molar-refractivity contribution in [3.63, 3.8) is 0 Å². The fraction of sp³-hybridized carbons (Fsp3) is 0.130. The van der Waals surface area contributed by atoms with Crippen LogP contribution >= 0.6 is 23.5 Å². The first-order valence-corrected chi connectivity index (χ1v) is 11.7. The van der Waals surface area contributed by atoms with Crippen LogP contribution in [0.25, 0.3) is 22.1 Å². The molecule has 5 rings (SSSR count). The lowest BCUT2D eigenvalue weighted by Crippen LogP contribution is -2.26. The van der Waals surface area contributed by atoms with Crippen LogP contribution in [-0.2, 0) is 13.1 Å². The van der Waals surface area contributed by atoms with Crippen molar-refractivity contribution in [3.05, 3.63) is 76.9 Å². The number of methoxy groups -OCH3 is 1. The molecule has 9 nitrogen and oxygen atoms in total. The molecule has 2 aromatic heterocycles. The van der Waals surface area contributed by atoms with Gasteiger partial charge in [0.15, 0.2) is 0 Å². The highest BCUT2D eigenvalue weighted by Crippen LogP contribution is 2.21. The van der Waals surface area contributed by atoms with E-state index < -0.39 is 0 Å². The predicted octanol–water partition coefficient (Wildman–Crippen LogP) is 3.56. The van der Waals surface area contributed by atoms with Gasteiger partial charge in [0, 0.05) is 18.7 Å². The van der Waals surface area contributed by atoms with Gasteiger partial charge >= 0.3 is 0 Å². The molecule has 3 aromatic carbocycles. The van der Waals surface area contributed by atoms with E-state index >= 15 is 0 Å². The number of ether oxygens (including phenoxy) is 1. The molecule has 0 saturated carbocycles. The minimum absolute atomic E-state index is 0.279. The Morgan fingerprint density at radius 3 is 1.88 bits per heavy atom. The van der Waals surface area contributed by atoms with Gasteiger partial charge in [-0.25, -0.2) is 0 Å². The zero-order chi connectivity index (χ0) is 23.5. The van der Waals surface area contributed by atoms with Crippen molar-refractivity contribution in [2.75, 3.05) is 7.11 Å². The third-order valence-electron chi connectivity index (χ3n) is 5.25. The summed E-state index contributed by atoms with van der Waals surface area (Å²) in [7, 11) is 1.48. The summed E-state index contributed by atoms with van der Waals surface area (Å²) in [6, 6.07) is 16.1. The Morgan fingerprint density at radius 2 is 1.29 bits per heavy atom. The number of hydrogen-bond acceptors (Lipinski definition) is 9. The average molecular weight is 491 g/mol. The highest BCUT2D eigenvalue weighted by molar-refractivity contribution is 7.00. The summed E-state index contributed by atoms with van der Waals surface area (Å²) in [5.74, 6) is -0.256. The van der Waals surface area contributed by atoms with Gasteiger partial charge in [-0.15, -0.1) is 0 Å². The lowest BCUT2D eigenvalue weighted by atomic mass is 10.1. The molecule has 0 atom stereocenters. The van der Waals surface area contributed by atoms with Crippen LogP contribution in [0.3, 0.4) is 0 Å². The van der Waals surface area contributed by atoms with Crippen LogP contribution < -0.4 is 15.4 Å². The molecule has 5 aromatic rings. The van der Waals surface area contributed by atoms with E-state index in [1.54, 1.807) is 12.1 Å². The fourth-order valence-corrected chi connectivity index (χ4v) is 4.50. The number of aromatic nitrogens is 4. The summed E-state index contributed by atoms with van der Waals surface area (Å²) in [5, 5.41) is 5.76. The van der Waals surface area contributed by atoms with Crippen molar-refractivity contribution >= 4 is 57.3 Å². The van der Waals surface area contributed by atoms with Crippen molar-refractivity contribution < 1.29 is 14.3 Å². The Morgan fingerprint density at radius 1 is 0.735 bits per heavy atom. The molecule has 0 aliphatic heterocycles. The van der Waals surface area contributed by atoms with E-state index in [1.165, 1.54) is 13.2 Å². The van der Waals surface area contributed by atoms with Crippen molar-refractivity contribution in [1.29, 1.82) is 0 Å². The van der Waals surface area contributed by atoms with Crippen LogP contribution in [0, 0.1) is 0 Å². The van der Waals surface area contributed by atoms with Crippen LogP contribution in [0.15, 0.2) is 54.6 Å². The minimum Gasteiger partial charge on any atom is -0.496 e. The predicted molar refractivity (Wildman–Crippen MR) is 130 cm³/mol. The van der Waals surface area contributed by atoms with Gasteiger partial charge in [0.05, 0.1) is 36.1 Å². The van der Waals surface area contributed by atoms with E-state index in [-0.39, 0.29) is 17.4 Å². The van der Waals surface area contributed by atoms with Crippen molar-refractivity contribution in [2.45, 2.75) is 13.1 Å². The molecule has 0 spiro atoms. The Kier molecular flexibility index (Phi) is 6.11. The van der Waals surface area contributed by atoms with Gasteiger partial charge in [-0.1, -0.05) is 12.1 Å². The Bertz CT molecular complexity index is 1510. The van der Waals surface area contributed by atoms with Crippen molar-refractivity contribution in [1.82, 2.24) is 28.1 Å². The first-order valence-electron chi connectivity index (χ1n) is 10.3. The number of hydrogen-bond donors (Lipinski definition) is 2. The van der Waals surface area contributed by atoms with Crippen LogP contribution in [0.5, 0.6) is 5.75 Å². The maximum absolute atomic E-state index is 12.9. The summed E-state index contributed by atoms with van der Waals surface area (Å²) in [5.41, 5.74) is 5.68.